The number of carbonyl (C=O) groups excluding carboxylic acids is 1. The number of hydrogen-bond acceptors (Lipinski definition) is 2. The number of amides is 1. The minimum Gasteiger partial charge on any atom is -0.479 e. The van der Waals surface area contributed by atoms with Crippen molar-refractivity contribution in [3.8, 4) is 0 Å². The van der Waals surface area contributed by atoms with Gasteiger partial charge in [0.15, 0.2) is 6.04 Å². The molecule has 1 aromatic rings. The van der Waals surface area contributed by atoms with Gasteiger partial charge >= 0.3 is 5.97 Å². The lowest BCUT2D eigenvalue weighted by Crippen LogP contribution is -2.32. The van der Waals surface area contributed by atoms with Crippen LogP contribution in [0.4, 0.5) is 0 Å². The normalized spacial score (nSPS) is 12.7. The zero-order valence-corrected chi connectivity index (χ0v) is 10.0. The molecule has 1 atom stereocenters. The van der Waals surface area contributed by atoms with Crippen LogP contribution in [0.25, 0.3) is 0 Å². The summed E-state index contributed by atoms with van der Waals surface area (Å²) in [5.74, 6) is -1.53. The van der Waals surface area contributed by atoms with Crippen LogP contribution in [0.15, 0.2) is 54.6 Å². The maximum atomic E-state index is 11.5. The molecule has 1 amide bonds. The molecule has 94 valence electrons. The molecule has 0 saturated heterocycles. The molecule has 0 aliphatic carbocycles. The number of carboxylic acid groups (broad SMARTS) is 1. The van der Waals surface area contributed by atoms with E-state index in [0.717, 1.165) is 0 Å². The molecule has 0 aliphatic heterocycles. The topological polar surface area (TPSA) is 66.4 Å². The van der Waals surface area contributed by atoms with Crippen molar-refractivity contribution in [1.82, 2.24) is 5.32 Å². The van der Waals surface area contributed by atoms with Crippen LogP contribution < -0.4 is 5.32 Å². The fourth-order valence-electron chi connectivity index (χ4n) is 1.38. The number of aliphatic carboxylic acids is 1. The molecule has 4 heteroatoms. The number of benzene rings is 1. The summed E-state index contributed by atoms with van der Waals surface area (Å²) in [6, 6.07) is 7.54. The van der Waals surface area contributed by atoms with Gasteiger partial charge in [-0.1, -0.05) is 48.6 Å². The second-order valence-electron chi connectivity index (χ2n) is 3.58. The van der Waals surface area contributed by atoms with Gasteiger partial charge in [0.25, 0.3) is 0 Å². The Morgan fingerprint density at radius 2 is 1.89 bits per heavy atom. The lowest BCUT2D eigenvalue weighted by Gasteiger charge is -2.13. The van der Waals surface area contributed by atoms with Gasteiger partial charge in [-0.2, -0.15) is 0 Å². The second-order valence-corrected chi connectivity index (χ2v) is 3.58. The van der Waals surface area contributed by atoms with Crippen molar-refractivity contribution >= 4 is 11.9 Å². The Kier molecular flexibility index (Phi) is 5.38. The number of carboxylic acids is 1. The number of rotatable bonds is 5. The van der Waals surface area contributed by atoms with Gasteiger partial charge in [0.1, 0.15) is 0 Å². The molecule has 0 radical (unpaired) electrons. The molecule has 2 N–H and O–H groups in total. The van der Waals surface area contributed by atoms with E-state index in [1.54, 1.807) is 48.6 Å². The Balaban J connectivity index is 2.76. The molecule has 0 fully saturated rings. The Labute approximate surface area is 106 Å². The average molecular weight is 245 g/mol. The quantitative estimate of drug-likeness (QED) is 0.616. The molecule has 0 heterocycles. The Morgan fingerprint density at radius 3 is 2.44 bits per heavy atom. The lowest BCUT2D eigenvalue weighted by molar-refractivity contribution is -0.141. The first-order valence-electron chi connectivity index (χ1n) is 5.52. The van der Waals surface area contributed by atoms with Crippen molar-refractivity contribution in [3.63, 3.8) is 0 Å². The highest BCUT2D eigenvalue weighted by Gasteiger charge is 2.20. The van der Waals surface area contributed by atoms with E-state index >= 15 is 0 Å². The first-order valence-corrected chi connectivity index (χ1v) is 5.52. The van der Waals surface area contributed by atoms with E-state index in [1.807, 2.05) is 6.92 Å². The molecular weight excluding hydrogens is 230 g/mol. The summed E-state index contributed by atoms with van der Waals surface area (Å²) >= 11 is 0. The molecule has 0 saturated carbocycles. The van der Waals surface area contributed by atoms with Crippen molar-refractivity contribution in [2.75, 3.05) is 0 Å². The van der Waals surface area contributed by atoms with E-state index in [2.05, 4.69) is 5.32 Å². The van der Waals surface area contributed by atoms with Crippen molar-refractivity contribution in [1.29, 1.82) is 0 Å². The van der Waals surface area contributed by atoms with E-state index in [0.29, 0.717) is 5.56 Å². The van der Waals surface area contributed by atoms with Crippen LogP contribution in [0.1, 0.15) is 18.5 Å². The highest BCUT2D eigenvalue weighted by atomic mass is 16.4. The van der Waals surface area contributed by atoms with Gasteiger partial charge in [0.05, 0.1) is 0 Å². The summed E-state index contributed by atoms with van der Waals surface area (Å²) in [7, 11) is 0. The highest BCUT2D eigenvalue weighted by Crippen LogP contribution is 2.12. The summed E-state index contributed by atoms with van der Waals surface area (Å²) < 4.78 is 0. The second kappa shape index (κ2) is 7.06. The van der Waals surface area contributed by atoms with Crippen LogP contribution in [-0.2, 0) is 9.59 Å². The Bertz CT molecular complexity index is 463. The molecule has 18 heavy (non-hydrogen) atoms. The number of allylic oxidation sites excluding steroid dienone is 3. The Morgan fingerprint density at radius 1 is 1.22 bits per heavy atom. The smallest absolute Gasteiger partial charge is 0.330 e. The van der Waals surface area contributed by atoms with Gasteiger partial charge < -0.3 is 10.4 Å². The lowest BCUT2D eigenvalue weighted by atomic mass is 10.1. The van der Waals surface area contributed by atoms with Crippen LogP contribution in [0.3, 0.4) is 0 Å². The van der Waals surface area contributed by atoms with Gasteiger partial charge in [-0.15, -0.1) is 0 Å². The first-order chi connectivity index (χ1) is 8.65. The number of carbonyl (C=O) groups is 2. The SMILES string of the molecule is C/C=C/C=C/C(=O)N[C@@H](C(=O)O)c1ccccc1. The number of hydrogen-bond donors (Lipinski definition) is 2. The highest BCUT2D eigenvalue weighted by molar-refractivity contribution is 5.91. The van der Waals surface area contributed by atoms with Gasteiger partial charge in [-0.3, -0.25) is 4.79 Å². The van der Waals surface area contributed by atoms with Gasteiger partial charge in [-0.25, -0.2) is 4.79 Å². The summed E-state index contributed by atoms with van der Waals surface area (Å²) in [5, 5.41) is 11.5. The predicted molar refractivity (Wildman–Crippen MR) is 68.9 cm³/mol. The van der Waals surface area contributed by atoms with E-state index < -0.39 is 17.9 Å². The molecule has 0 aromatic heterocycles. The van der Waals surface area contributed by atoms with Gasteiger partial charge in [-0.05, 0) is 12.5 Å². The van der Waals surface area contributed by atoms with Crippen molar-refractivity contribution < 1.29 is 14.7 Å². The van der Waals surface area contributed by atoms with Crippen molar-refractivity contribution in [3.05, 3.63) is 60.2 Å². The zero-order valence-electron chi connectivity index (χ0n) is 10.0. The maximum Gasteiger partial charge on any atom is 0.330 e. The summed E-state index contributed by atoms with van der Waals surface area (Å²) in [6.45, 7) is 1.83. The van der Waals surface area contributed by atoms with E-state index in [4.69, 9.17) is 5.11 Å². The number of nitrogens with one attached hydrogen (secondary N) is 1. The molecule has 0 unspecified atom stereocenters. The van der Waals surface area contributed by atoms with Crippen LogP contribution in [-0.4, -0.2) is 17.0 Å². The maximum absolute atomic E-state index is 11.5. The summed E-state index contributed by atoms with van der Waals surface area (Å²) in [6.07, 6.45) is 6.31. The van der Waals surface area contributed by atoms with Gasteiger partial charge in [0.2, 0.25) is 5.91 Å². The standard InChI is InChI=1S/C14H15NO3/c1-2-3-5-10-12(16)15-13(14(17)18)11-8-6-4-7-9-11/h2-10,13H,1H3,(H,15,16)(H,17,18)/b3-2+,10-5+/t13-/m1/s1. The third kappa shape index (κ3) is 4.25. The van der Waals surface area contributed by atoms with Crippen molar-refractivity contribution in [2.24, 2.45) is 0 Å². The van der Waals surface area contributed by atoms with E-state index in [1.165, 1.54) is 6.08 Å². The third-order valence-corrected chi connectivity index (χ3v) is 2.22. The van der Waals surface area contributed by atoms with E-state index in [9.17, 15) is 9.59 Å². The zero-order chi connectivity index (χ0) is 13.4. The van der Waals surface area contributed by atoms with Crippen LogP contribution >= 0.6 is 0 Å². The van der Waals surface area contributed by atoms with Gasteiger partial charge in [0, 0.05) is 6.08 Å². The predicted octanol–water partition coefficient (Wildman–Crippen LogP) is 2.06. The van der Waals surface area contributed by atoms with Crippen LogP contribution in [0.5, 0.6) is 0 Å². The molecule has 1 rings (SSSR count). The fraction of sp³-hybridized carbons (Fsp3) is 0.143. The monoisotopic (exact) mass is 245 g/mol. The molecule has 1 aromatic carbocycles. The van der Waals surface area contributed by atoms with Crippen LogP contribution in [0, 0.1) is 0 Å². The fourth-order valence-corrected chi connectivity index (χ4v) is 1.38. The van der Waals surface area contributed by atoms with Crippen molar-refractivity contribution in [2.45, 2.75) is 13.0 Å². The molecule has 0 bridgehead atoms. The molecule has 0 aliphatic rings. The van der Waals surface area contributed by atoms with Crippen LogP contribution in [0.2, 0.25) is 0 Å². The molecular formula is C14H15NO3. The average Bonchev–Trinajstić information content (AvgIpc) is 2.37. The largest absolute Gasteiger partial charge is 0.479 e. The summed E-state index contributed by atoms with van der Waals surface area (Å²) in [5.41, 5.74) is 0.540. The van der Waals surface area contributed by atoms with E-state index in [-0.39, 0.29) is 0 Å². The minimum absolute atomic E-state index is 0.440. The molecule has 4 nitrogen and oxygen atoms in total. The minimum atomic E-state index is -1.09. The Hall–Kier alpha value is -2.36. The summed E-state index contributed by atoms with van der Waals surface area (Å²) in [4.78, 5) is 22.6. The third-order valence-electron chi connectivity index (χ3n) is 2.22. The molecule has 0 spiro atoms. The first kappa shape index (κ1) is 13.7.